The van der Waals surface area contributed by atoms with Gasteiger partial charge in [-0.2, -0.15) is 0 Å². The van der Waals surface area contributed by atoms with Crippen molar-refractivity contribution in [1.29, 1.82) is 0 Å². The first-order chi connectivity index (χ1) is 6.63. The smallest absolute Gasteiger partial charge is 0.132 e. The molecule has 1 nitrogen and oxygen atoms in total. The van der Waals surface area contributed by atoms with Crippen molar-refractivity contribution in [3.8, 4) is 0 Å². The SMILES string of the molecule is CCC(=O)CCC1CCC(C)C(C)C1. The van der Waals surface area contributed by atoms with Crippen LogP contribution >= 0.6 is 0 Å². The number of rotatable bonds is 4. The Kier molecular flexibility index (Phi) is 4.64. The van der Waals surface area contributed by atoms with Crippen LogP contribution < -0.4 is 0 Å². The van der Waals surface area contributed by atoms with Crippen LogP contribution in [0.4, 0.5) is 0 Å². The van der Waals surface area contributed by atoms with Gasteiger partial charge in [0.1, 0.15) is 5.78 Å². The molecule has 0 radical (unpaired) electrons. The minimum atomic E-state index is 0.441. The Hall–Kier alpha value is -0.330. The minimum Gasteiger partial charge on any atom is -0.300 e. The van der Waals surface area contributed by atoms with E-state index in [1.807, 2.05) is 6.92 Å². The summed E-state index contributed by atoms with van der Waals surface area (Å²) >= 11 is 0. The molecule has 1 fully saturated rings. The van der Waals surface area contributed by atoms with E-state index < -0.39 is 0 Å². The highest BCUT2D eigenvalue weighted by Crippen LogP contribution is 2.35. The summed E-state index contributed by atoms with van der Waals surface area (Å²) in [5, 5.41) is 0. The van der Waals surface area contributed by atoms with Crippen LogP contribution in [0, 0.1) is 17.8 Å². The van der Waals surface area contributed by atoms with Crippen LogP contribution in [0.3, 0.4) is 0 Å². The Bertz CT molecular complexity index is 186. The van der Waals surface area contributed by atoms with Crippen molar-refractivity contribution in [1.82, 2.24) is 0 Å². The van der Waals surface area contributed by atoms with Gasteiger partial charge in [0.25, 0.3) is 0 Å². The van der Waals surface area contributed by atoms with Gasteiger partial charge in [-0.3, -0.25) is 4.79 Å². The lowest BCUT2D eigenvalue weighted by atomic mass is 9.74. The highest BCUT2D eigenvalue weighted by atomic mass is 16.1. The maximum absolute atomic E-state index is 11.2. The summed E-state index contributed by atoms with van der Waals surface area (Å²) < 4.78 is 0. The standard InChI is InChI=1S/C13H24O/c1-4-13(14)8-7-12-6-5-10(2)11(3)9-12/h10-12H,4-9H2,1-3H3. The Morgan fingerprint density at radius 3 is 2.50 bits per heavy atom. The van der Waals surface area contributed by atoms with Crippen LogP contribution in [0.25, 0.3) is 0 Å². The van der Waals surface area contributed by atoms with Crippen molar-refractivity contribution in [3.63, 3.8) is 0 Å². The average molecular weight is 196 g/mol. The average Bonchev–Trinajstić information content (AvgIpc) is 2.19. The molecule has 1 saturated carbocycles. The number of carbonyl (C=O) groups is 1. The molecule has 1 aliphatic rings. The normalized spacial score (nSPS) is 32.9. The molecule has 1 heteroatoms. The summed E-state index contributed by atoms with van der Waals surface area (Å²) in [4.78, 5) is 11.2. The van der Waals surface area contributed by atoms with Crippen LogP contribution in [0.15, 0.2) is 0 Å². The quantitative estimate of drug-likeness (QED) is 0.668. The Morgan fingerprint density at radius 2 is 1.93 bits per heavy atom. The van der Waals surface area contributed by atoms with Gasteiger partial charge in [0, 0.05) is 12.8 Å². The maximum atomic E-state index is 11.2. The zero-order valence-corrected chi connectivity index (χ0v) is 9.88. The van der Waals surface area contributed by atoms with Crippen molar-refractivity contribution in [2.24, 2.45) is 17.8 Å². The molecule has 3 unspecified atom stereocenters. The number of hydrogen-bond acceptors (Lipinski definition) is 1. The summed E-state index contributed by atoms with van der Waals surface area (Å²) in [6.07, 6.45) is 6.75. The molecular weight excluding hydrogens is 172 g/mol. The van der Waals surface area contributed by atoms with Gasteiger partial charge in [-0.15, -0.1) is 0 Å². The minimum absolute atomic E-state index is 0.441. The molecule has 0 aromatic rings. The Balaban J connectivity index is 2.23. The molecule has 0 saturated heterocycles. The van der Waals surface area contributed by atoms with Crippen molar-refractivity contribution in [2.45, 2.75) is 59.3 Å². The predicted octanol–water partition coefficient (Wildman–Crippen LogP) is 3.82. The van der Waals surface area contributed by atoms with Crippen molar-refractivity contribution >= 4 is 5.78 Å². The van der Waals surface area contributed by atoms with E-state index in [2.05, 4.69) is 13.8 Å². The van der Waals surface area contributed by atoms with Crippen LogP contribution in [0.1, 0.15) is 59.3 Å². The van der Waals surface area contributed by atoms with E-state index >= 15 is 0 Å². The second-order valence-corrected chi connectivity index (χ2v) is 5.06. The number of ketones is 1. The van der Waals surface area contributed by atoms with Gasteiger partial charge in [-0.1, -0.05) is 33.6 Å². The van der Waals surface area contributed by atoms with E-state index in [9.17, 15) is 4.79 Å². The molecular formula is C13H24O. The Morgan fingerprint density at radius 1 is 1.21 bits per heavy atom. The number of Topliss-reactive ketones (excluding diaryl/α,β-unsaturated/α-hetero) is 1. The molecule has 0 amide bonds. The van der Waals surface area contributed by atoms with Gasteiger partial charge in [-0.25, -0.2) is 0 Å². The van der Waals surface area contributed by atoms with Crippen molar-refractivity contribution < 1.29 is 4.79 Å². The molecule has 0 bridgehead atoms. The summed E-state index contributed by atoms with van der Waals surface area (Å²) in [5.41, 5.74) is 0. The van der Waals surface area contributed by atoms with Gasteiger partial charge in [-0.05, 0) is 30.6 Å². The van der Waals surface area contributed by atoms with E-state index in [4.69, 9.17) is 0 Å². The van der Waals surface area contributed by atoms with Crippen molar-refractivity contribution in [3.05, 3.63) is 0 Å². The molecule has 0 aromatic heterocycles. The number of hydrogen-bond donors (Lipinski definition) is 0. The van der Waals surface area contributed by atoms with Gasteiger partial charge >= 0.3 is 0 Å². The summed E-state index contributed by atoms with van der Waals surface area (Å²) in [6.45, 7) is 6.68. The largest absolute Gasteiger partial charge is 0.300 e. The first-order valence-electron chi connectivity index (χ1n) is 6.15. The van der Waals surface area contributed by atoms with Gasteiger partial charge in [0.2, 0.25) is 0 Å². The molecule has 0 N–H and O–H groups in total. The van der Waals surface area contributed by atoms with E-state index in [-0.39, 0.29) is 0 Å². The highest BCUT2D eigenvalue weighted by Gasteiger charge is 2.24. The third-order valence-electron chi connectivity index (χ3n) is 3.93. The van der Waals surface area contributed by atoms with Crippen LogP contribution in [-0.2, 0) is 4.79 Å². The topological polar surface area (TPSA) is 17.1 Å². The Labute approximate surface area is 88.3 Å². The van der Waals surface area contributed by atoms with E-state index in [0.717, 1.165) is 37.0 Å². The summed E-state index contributed by atoms with van der Waals surface area (Å²) in [5.74, 6) is 3.03. The summed E-state index contributed by atoms with van der Waals surface area (Å²) in [6, 6.07) is 0. The lowest BCUT2D eigenvalue weighted by molar-refractivity contribution is -0.119. The zero-order chi connectivity index (χ0) is 10.6. The third kappa shape index (κ3) is 3.43. The monoisotopic (exact) mass is 196 g/mol. The van der Waals surface area contributed by atoms with Crippen LogP contribution in [0.5, 0.6) is 0 Å². The molecule has 82 valence electrons. The predicted molar refractivity (Wildman–Crippen MR) is 60.2 cm³/mol. The van der Waals surface area contributed by atoms with Crippen molar-refractivity contribution in [2.75, 3.05) is 0 Å². The fourth-order valence-electron chi connectivity index (χ4n) is 2.46. The third-order valence-corrected chi connectivity index (χ3v) is 3.93. The van der Waals surface area contributed by atoms with Gasteiger partial charge in [0.05, 0.1) is 0 Å². The van der Waals surface area contributed by atoms with Crippen LogP contribution in [0.2, 0.25) is 0 Å². The zero-order valence-electron chi connectivity index (χ0n) is 9.88. The van der Waals surface area contributed by atoms with E-state index in [1.165, 1.54) is 19.3 Å². The van der Waals surface area contributed by atoms with Crippen LogP contribution in [-0.4, -0.2) is 5.78 Å². The fourth-order valence-corrected chi connectivity index (χ4v) is 2.46. The van der Waals surface area contributed by atoms with Gasteiger partial charge in [0.15, 0.2) is 0 Å². The second-order valence-electron chi connectivity index (χ2n) is 5.06. The highest BCUT2D eigenvalue weighted by molar-refractivity contribution is 5.77. The fraction of sp³-hybridized carbons (Fsp3) is 0.923. The lowest BCUT2D eigenvalue weighted by Crippen LogP contribution is -2.21. The van der Waals surface area contributed by atoms with Gasteiger partial charge < -0.3 is 0 Å². The maximum Gasteiger partial charge on any atom is 0.132 e. The van der Waals surface area contributed by atoms with E-state index in [1.54, 1.807) is 0 Å². The first kappa shape index (κ1) is 11.7. The lowest BCUT2D eigenvalue weighted by Gasteiger charge is -2.31. The molecule has 0 aromatic carbocycles. The number of carbonyl (C=O) groups excluding carboxylic acids is 1. The molecule has 14 heavy (non-hydrogen) atoms. The summed E-state index contributed by atoms with van der Waals surface area (Å²) in [7, 11) is 0. The molecule has 1 rings (SSSR count). The molecule has 0 aliphatic heterocycles. The molecule has 0 spiro atoms. The second kappa shape index (κ2) is 5.53. The first-order valence-corrected chi connectivity index (χ1v) is 6.15. The molecule has 0 heterocycles. The molecule has 3 atom stereocenters. The molecule has 1 aliphatic carbocycles. The van der Waals surface area contributed by atoms with E-state index in [0.29, 0.717) is 5.78 Å².